The zero-order chi connectivity index (χ0) is 22.8. The number of hydrogen-bond acceptors (Lipinski definition) is 3. The fraction of sp³-hybridized carbons (Fsp3) is 0.200. The third kappa shape index (κ3) is 4.52. The van der Waals surface area contributed by atoms with E-state index in [1.807, 2.05) is 42.8 Å². The van der Waals surface area contributed by atoms with E-state index in [0.717, 1.165) is 22.5 Å². The van der Waals surface area contributed by atoms with Crippen molar-refractivity contribution in [1.82, 2.24) is 14.1 Å². The highest BCUT2D eigenvalue weighted by molar-refractivity contribution is 6.30. The van der Waals surface area contributed by atoms with Gasteiger partial charge in [0.15, 0.2) is 0 Å². The van der Waals surface area contributed by atoms with E-state index < -0.39 is 11.9 Å². The molecule has 7 heteroatoms. The second kappa shape index (κ2) is 9.10. The molecule has 0 aliphatic carbocycles. The molecule has 5 nitrogen and oxygen atoms in total. The average molecular weight is 452 g/mol. The number of aliphatic hydroxyl groups is 1. The summed E-state index contributed by atoms with van der Waals surface area (Å²) in [7, 11) is 0. The lowest BCUT2D eigenvalue weighted by Crippen LogP contribution is -2.30. The van der Waals surface area contributed by atoms with Gasteiger partial charge in [0, 0.05) is 30.1 Å². The SMILES string of the molecule is Cc1cn(-c2ccc(Cc3cc(Cl)cn([C@@H](CO)c4cccc(F)c4)c3=O)cc2C)cn1. The van der Waals surface area contributed by atoms with Gasteiger partial charge in [0.2, 0.25) is 0 Å². The van der Waals surface area contributed by atoms with E-state index >= 15 is 0 Å². The van der Waals surface area contributed by atoms with Crippen LogP contribution in [0.3, 0.4) is 0 Å². The third-order valence-corrected chi connectivity index (χ3v) is 5.68. The summed E-state index contributed by atoms with van der Waals surface area (Å²) in [5.41, 5.74) is 4.69. The molecule has 0 spiro atoms. The van der Waals surface area contributed by atoms with Gasteiger partial charge in [0.25, 0.3) is 5.56 Å². The molecule has 4 aromatic rings. The van der Waals surface area contributed by atoms with Crippen molar-refractivity contribution in [3.63, 3.8) is 0 Å². The van der Waals surface area contributed by atoms with Crippen molar-refractivity contribution in [2.45, 2.75) is 26.3 Å². The topological polar surface area (TPSA) is 60.0 Å². The summed E-state index contributed by atoms with van der Waals surface area (Å²) >= 11 is 6.32. The Hall–Kier alpha value is -3.22. The van der Waals surface area contributed by atoms with Crippen LogP contribution in [0.25, 0.3) is 5.69 Å². The molecule has 2 aromatic heterocycles. The lowest BCUT2D eigenvalue weighted by Gasteiger charge is -2.20. The van der Waals surface area contributed by atoms with Crippen LogP contribution in [0.15, 0.2) is 72.0 Å². The summed E-state index contributed by atoms with van der Waals surface area (Å²) in [6, 6.07) is 12.8. The Bertz CT molecular complexity index is 1330. The van der Waals surface area contributed by atoms with Gasteiger partial charge in [-0.05, 0) is 54.8 Å². The van der Waals surface area contributed by atoms with E-state index in [-0.39, 0.29) is 12.2 Å². The van der Waals surface area contributed by atoms with Crippen LogP contribution in [0, 0.1) is 19.7 Å². The lowest BCUT2D eigenvalue weighted by atomic mass is 10.0. The maximum atomic E-state index is 13.7. The maximum Gasteiger partial charge on any atom is 0.254 e. The van der Waals surface area contributed by atoms with Crippen LogP contribution in [-0.4, -0.2) is 25.8 Å². The van der Waals surface area contributed by atoms with Crippen molar-refractivity contribution in [3.05, 3.63) is 116 Å². The Morgan fingerprint density at radius 1 is 1.12 bits per heavy atom. The van der Waals surface area contributed by atoms with Crippen molar-refractivity contribution < 1.29 is 9.50 Å². The molecule has 0 saturated heterocycles. The molecule has 0 unspecified atom stereocenters. The summed E-state index contributed by atoms with van der Waals surface area (Å²) in [6.45, 7) is 3.59. The number of aromatic nitrogens is 3. The van der Waals surface area contributed by atoms with Crippen LogP contribution in [0.4, 0.5) is 4.39 Å². The molecule has 0 aliphatic heterocycles. The van der Waals surface area contributed by atoms with Crippen LogP contribution in [0.5, 0.6) is 0 Å². The van der Waals surface area contributed by atoms with Crippen LogP contribution in [0.2, 0.25) is 5.02 Å². The van der Waals surface area contributed by atoms with Crippen LogP contribution >= 0.6 is 11.6 Å². The minimum atomic E-state index is -0.732. The van der Waals surface area contributed by atoms with Gasteiger partial charge in [-0.1, -0.05) is 35.9 Å². The van der Waals surface area contributed by atoms with E-state index in [2.05, 4.69) is 4.98 Å². The predicted molar refractivity (Wildman–Crippen MR) is 123 cm³/mol. The normalized spacial score (nSPS) is 12.2. The number of pyridine rings is 1. The maximum absolute atomic E-state index is 13.7. The lowest BCUT2D eigenvalue weighted by molar-refractivity contribution is 0.246. The van der Waals surface area contributed by atoms with Crippen LogP contribution < -0.4 is 5.56 Å². The average Bonchev–Trinajstić information content (AvgIpc) is 3.18. The van der Waals surface area contributed by atoms with Crippen molar-refractivity contribution in [1.29, 1.82) is 0 Å². The molecule has 1 atom stereocenters. The summed E-state index contributed by atoms with van der Waals surface area (Å²) in [5, 5.41) is 10.3. The molecule has 0 fully saturated rings. The number of benzene rings is 2. The molecular formula is C25H23ClFN3O2. The number of aliphatic hydroxyl groups excluding tert-OH is 1. The molecule has 164 valence electrons. The molecule has 0 amide bonds. The van der Waals surface area contributed by atoms with Gasteiger partial charge in [-0.2, -0.15) is 0 Å². The highest BCUT2D eigenvalue weighted by atomic mass is 35.5. The molecule has 2 aromatic carbocycles. The fourth-order valence-corrected chi connectivity index (χ4v) is 4.18. The van der Waals surface area contributed by atoms with Crippen LogP contribution in [-0.2, 0) is 6.42 Å². The van der Waals surface area contributed by atoms with Crippen LogP contribution in [0.1, 0.15) is 34.0 Å². The largest absolute Gasteiger partial charge is 0.394 e. The van der Waals surface area contributed by atoms with Gasteiger partial charge in [0.1, 0.15) is 5.82 Å². The minimum Gasteiger partial charge on any atom is -0.394 e. The first-order valence-electron chi connectivity index (χ1n) is 10.2. The third-order valence-electron chi connectivity index (χ3n) is 5.47. The Balaban J connectivity index is 1.69. The second-order valence-corrected chi connectivity index (χ2v) is 8.31. The summed E-state index contributed by atoms with van der Waals surface area (Å²) in [4.78, 5) is 17.5. The molecule has 0 aliphatic rings. The van der Waals surface area contributed by atoms with Crippen molar-refractivity contribution in [2.75, 3.05) is 6.61 Å². The predicted octanol–water partition coefficient (Wildman–Crippen LogP) is 4.62. The van der Waals surface area contributed by atoms with E-state index in [9.17, 15) is 14.3 Å². The van der Waals surface area contributed by atoms with Gasteiger partial charge < -0.3 is 14.2 Å². The highest BCUT2D eigenvalue weighted by Gasteiger charge is 2.18. The molecule has 0 saturated carbocycles. The van der Waals surface area contributed by atoms with E-state index in [1.165, 1.54) is 22.9 Å². The Kier molecular flexibility index (Phi) is 6.26. The molecular weight excluding hydrogens is 429 g/mol. The fourth-order valence-electron chi connectivity index (χ4n) is 3.94. The monoisotopic (exact) mass is 451 g/mol. The first-order valence-corrected chi connectivity index (χ1v) is 10.6. The highest BCUT2D eigenvalue weighted by Crippen LogP contribution is 2.22. The summed E-state index contributed by atoms with van der Waals surface area (Å²) in [5.74, 6) is -0.431. The molecule has 1 N–H and O–H groups in total. The number of imidazole rings is 1. The number of halogens is 2. The van der Waals surface area contributed by atoms with Gasteiger partial charge in [0.05, 0.1) is 29.7 Å². The van der Waals surface area contributed by atoms with Gasteiger partial charge in [-0.15, -0.1) is 0 Å². The number of aryl methyl sites for hydroxylation is 2. The molecule has 0 bridgehead atoms. The smallest absolute Gasteiger partial charge is 0.254 e. The first-order chi connectivity index (χ1) is 15.4. The number of hydrogen-bond donors (Lipinski definition) is 1. The van der Waals surface area contributed by atoms with E-state index in [0.29, 0.717) is 22.6 Å². The Labute approximate surface area is 190 Å². The zero-order valence-corrected chi connectivity index (χ0v) is 18.6. The van der Waals surface area contributed by atoms with E-state index in [1.54, 1.807) is 24.5 Å². The van der Waals surface area contributed by atoms with Crippen molar-refractivity contribution >= 4 is 11.6 Å². The summed E-state index contributed by atoms with van der Waals surface area (Å²) in [6.07, 6.45) is 5.59. The molecule has 32 heavy (non-hydrogen) atoms. The number of rotatable bonds is 6. The quantitative estimate of drug-likeness (QED) is 0.465. The second-order valence-electron chi connectivity index (χ2n) is 7.87. The van der Waals surface area contributed by atoms with Gasteiger partial charge in [-0.25, -0.2) is 9.37 Å². The first kappa shape index (κ1) is 22.0. The van der Waals surface area contributed by atoms with Gasteiger partial charge >= 0.3 is 0 Å². The molecule has 0 radical (unpaired) electrons. The molecule has 4 rings (SSSR count). The number of nitrogens with zero attached hydrogens (tertiary/aromatic N) is 3. The van der Waals surface area contributed by atoms with Crippen molar-refractivity contribution in [2.24, 2.45) is 0 Å². The van der Waals surface area contributed by atoms with E-state index in [4.69, 9.17) is 11.6 Å². The van der Waals surface area contributed by atoms with Crippen molar-refractivity contribution in [3.8, 4) is 5.69 Å². The summed E-state index contributed by atoms with van der Waals surface area (Å²) < 4.78 is 17.1. The van der Waals surface area contributed by atoms with Gasteiger partial charge in [-0.3, -0.25) is 4.79 Å². The Morgan fingerprint density at radius 3 is 2.59 bits per heavy atom. The minimum absolute atomic E-state index is 0.273. The molecule has 2 heterocycles. The standard InChI is InChI=1S/C25H23ClFN3O2/c1-16-8-18(6-7-23(16)29-12-17(2)28-15-29)9-20-10-21(26)13-30(25(20)32)24(14-31)19-4-3-5-22(27)11-19/h3-8,10-13,15,24,31H,9,14H2,1-2H3/t24-/m0/s1. The zero-order valence-electron chi connectivity index (χ0n) is 17.8. The Morgan fingerprint density at radius 2 is 1.94 bits per heavy atom.